The number of alkyl carbamates (subject to hydrolysis) is 1. The van der Waals surface area contributed by atoms with E-state index in [0.717, 1.165) is 22.3 Å². The van der Waals surface area contributed by atoms with Crippen LogP contribution in [0.2, 0.25) is 0 Å². The van der Waals surface area contributed by atoms with E-state index in [1.807, 2.05) is 36.4 Å². The number of amides is 3. The molecule has 1 fully saturated rings. The van der Waals surface area contributed by atoms with Crippen molar-refractivity contribution in [3.8, 4) is 0 Å². The molecule has 0 spiro atoms. The SMILES string of the molecule is O=C(NCCOCCSSCCOC(=O)ON1C(=O)CCC1=O)OC1Cc2ccccc2/C=C\c2ccccc21. The third kappa shape index (κ3) is 8.77. The molecule has 2 aliphatic rings. The predicted molar refractivity (Wildman–Crippen MR) is 152 cm³/mol. The number of rotatable bonds is 12. The first-order valence-electron chi connectivity index (χ1n) is 12.8. The largest absolute Gasteiger partial charge is 0.533 e. The van der Waals surface area contributed by atoms with Crippen molar-refractivity contribution in [2.75, 3.05) is 37.9 Å². The van der Waals surface area contributed by atoms with Crippen LogP contribution in [0.5, 0.6) is 0 Å². The first kappa shape index (κ1) is 29.5. The van der Waals surface area contributed by atoms with Crippen LogP contribution in [0.15, 0.2) is 48.5 Å². The van der Waals surface area contributed by atoms with Gasteiger partial charge in [-0.3, -0.25) is 14.4 Å². The Balaban J connectivity index is 1.06. The highest BCUT2D eigenvalue weighted by molar-refractivity contribution is 8.76. The van der Waals surface area contributed by atoms with Crippen molar-refractivity contribution in [3.63, 3.8) is 0 Å². The van der Waals surface area contributed by atoms with Gasteiger partial charge in [-0.25, -0.2) is 9.59 Å². The fraction of sp³-hybridized carbons (Fsp3) is 0.357. The van der Waals surface area contributed by atoms with Gasteiger partial charge in [-0.1, -0.05) is 87.3 Å². The van der Waals surface area contributed by atoms with Crippen molar-refractivity contribution in [2.24, 2.45) is 0 Å². The summed E-state index contributed by atoms with van der Waals surface area (Å²) in [6, 6.07) is 16.0. The third-order valence-corrected chi connectivity index (χ3v) is 8.30. The Labute approximate surface area is 240 Å². The van der Waals surface area contributed by atoms with Crippen LogP contribution < -0.4 is 5.32 Å². The van der Waals surface area contributed by atoms with Gasteiger partial charge < -0.3 is 19.5 Å². The second kappa shape index (κ2) is 15.3. The molecule has 3 amide bonds. The lowest BCUT2D eigenvalue weighted by Gasteiger charge is -2.23. The van der Waals surface area contributed by atoms with Gasteiger partial charge >= 0.3 is 12.2 Å². The fourth-order valence-corrected chi connectivity index (χ4v) is 5.75. The predicted octanol–water partition coefficient (Wildman–Crippen LogP) is 4.80. The Morgan fingerprint density at radius 1 is 0.875 bits per heavy atom. The van der Waals surface area contributed by atoms with Crippen molar-refractivity contribution in [1.29, 1.82) is 0 Å². The summed E-state index contributed by atoms with van der Waals surface area (Å²) in [6.45, 7) is 1.22. The van der Waals surface area contributed by atoms with E-state index in [1.165, 1.54) is 10.8 Å². The molecule has 0 bridgehead atoms. The zero-order chi connectivity index (χ0) is 28.2. The molecular weight excluding hydrogens is 556 g/mol. The van der Waals surface area contributed by atoms with Crippen LogP contribution in [0, 0.1) is 0 Å². The van der Waals surface area contributed by atoms with Crippen LogP contribution in [-0.4, -0.2) is 67.0 Å². The lowest BCUT2D eigenvalue weighted by molar-refractivity contribution is -0.176. The van der Waals surface area contributed by atoms with Gasteiger partial charge in [-0.05, 0) is 16.7 Å². The summed E-state index contributed by atoms with van der Waals surface area (Å²) in [5.74, 6) is 0.0917. The van der Waals surface area contributed by atoms with E-state index in [9.17, 15) is 19.2 Å². The first-order chi connectivity index (χ1) is 19.5. The number of fused-ring (bicyclic) bond motifs is 2. The molecule has 10 nitrogen and oxygen atoms in total. The Hall–Kier alpha value is -3.48. The Morgan fingerprint density at radius 2 is 1.55 bits per heavy atom. The molecule has 4 rings (SSSR count). The van der Waals surface area contributed by atoms with Gasteiger partial charge in [-0.15, -0.1) is 0 Å². The monoisotopic (exact) mass is 586 g/mol. The van der Waals surface area contributed by atoms with Crippen LogP contribution >= 0.6 is 21.6 Å². The van der Waals surface area contributed by atoms with Crippen molar-refractivity contribution in [3.05, 3.63) is 70.8 Å². The molecule has 1 aliphatic carbocycles. The molecule has 2 aromatic rings. The highest BCUT2D eigenvalue weighted by Gasteiger charge is 2.33. The summed E-state index contributed by atoms with van der Waals surface area (Å²) < 4.78 is 16.3. The third-order valence-electron chi connectivity index (χ3n) is 5.96. The number of hydroxylamine groups is 2. The molecule has 12 heteroatoms. The molecule has 212 valence electrons. The Kier molecular flexibility index (Phi) is 11.3. The van der Waals surface area contributed by atoms with Crippen LogP contribution in [0.25, 0.3) is 12.2 Å². The molecule has 1 unspecified atom stereocenters. The second-order valence-corrected chi connectivity index (χ2v) is 11.4. The van der Waals surface area contributed by atoms with Gasteiger partial charge in [0.15, 0.2) is 0 Å². The van der Waals surface area contributed by atoms with Crippen molar-refractivity contribution >= 4 is 57.8 Å². The number of nitrogens with one attached hydrogen (secondary N) is 1. The van der Waals surface area contributed by atoms with Crippen LogP contribution in [0.4, 0.5) is 9.59 Å². The Morgan fingerprint density at radius 3 is 2.35 bits per heavy atom. The lowest BCUT2D eigenvalue weighted by atomic mass is 9.91. The van der Waals surface area contributed by atoms with E-state index < -0.39 is 30.2 Å². The summed E-state index contributed by atoms with van der Waals surface area (Å²) in [5.41, 5.74) is 4.22. The maximum Gasteiger partial charge on any atom is 0.533 e. The average Bonchev–Trinajstić information content (AvgIpc) is 3.26. The molecule has 2 aromatic carbocycles. The number of benzene rings is 2. The molecule has 1 N–H and O–H groups in total. The minimum atomic E-state index is -1.08. The molecule has 1 atom stereocenters. The summed E-state index contributed by atoms with van der Waals surface area (Å²) >= 11 is 0. The number of hydrogen-bond acceptors (Lipinski definition) is 10. The normalized spacial score (nSPS) is 16.8. The highest BCUT2D eigenvalue weighted by atomic mass is 33.1. The van der Waals surface area contributed by atoms with Gasteiger partial charge in [0.25, 0.3) is 11.8 Å². The summed E-state index contributed by atoms with van der Waals surface area (Å²) in [6.07, 6.45) is 2.80. The number of carbonyl (C=O) groups excluding carboxylic acids is 4. The van der Waals surface area contributed by atoms with E-state index in [-0.39, 0.29) is 19.4 Å². The summed E-state index contributed by atoms with van der Waals surface area (Å²) in [4.78, 5) is 51.5. The maximum absolute atomic E-state index is 12.5. The van der Waals surface area contributed by atoms with E-state index in [4.69, 9.17) is 14.2 Å². The van der Waals surface area contributed by atoms with E-state index in [1.54, 1.807) is 10.8 Å². The first-order valence-corrected chi connectivity index (χ1v) is 15.3. The standard InChI is InChI=1S/C28H30N2O8S2/c31-25-11-12-26(32)30(25)38-28(34)36-16-18-40-39-17-15-35-14-13-29-27(33)37-24-19-22-7-2-1-5-20(22)9-10-21-6-3-4-8-23(21)24/h1-10,24H,11-19H2,(H,29,33)/b10-9-. The van der Waals surface area contributed by atoms with Crippen LogP contribution in [0.1, 0.15) is 41.2 Å². The summed E-state index contributed by atoms with van der Waals surface area (Å²) in [7, 11) is 3.02. The van der Waals surface area contributed by atoms with E-state index in [0.29, 0.717) is 42.7 Å². The average molecular weight is 587 g/mol. The van der Waals surface area contributed by atoms with Crippen LogP contribution in [-0.2, 0) is 35.1 Å². The highest BCUT2D eigenvalue weighted by Crippen LogP contribution is 2.31. The molecule has 0 radical (unpaired) electrons. The smallest absolute Gasteiger partial charge is 0.441 e. The number of hydrogen-bond donors (Lipinski definition) is 1. The zero-order valence-corrected chi connectivity index (χ0v) is 23.4. The summed E-state index contributed by atoms with van der Waals surface area (Å²) in [5, 5.41) is 3.21. The topological polar surface area (TPSA) is 120 Å². The number of carbonyl (C=O) groups is 4. The van der Waals surface area contributed by atoms with Crippen LogP contribution in [0.3, 0.4) is 0 Å². The van der Waals surface area contributed by atoms with Crippen molar-refractivity contribution in [2.45, 2.75) is 25.4 Å². The van der Waals surface area contributed by atoms with Crippen molar-refractivity contribution in [1.82, 2.24) is 10.4 Å². The molecule has 0 aromatic heterocycles. The van der Waals surface area contributed by atoms with Gasteiger partial charge in [0.05, 0.1) is 13.2 Å². The molecular formula is C28H30N2O8S2. The minimum absolute atomic E-state index is 0.0315. The number of nitrogens with zero attached hydrogens (tertiary/aromatic N) is 1. The zero-order valence-electron chi connectivity index (χ0n) is 21.7. The number of ether oxygens (including phenoxy) is 3. The molecule has 1 heterocycles. The lowest BCUT2D eigenvalue weighted by Crippen LogP contribution is -2.32. The minimum Gasteiger partial charge on any atom is -0.441 e. The molecule has 1 saturated heterocycles. The van der Waals surface area contributed by atoms with Crippen molar-refractivity contribution < 1.29 is 38.2 Å². The van der Waals surface area contributed by atoms with Gasteiger partial charge in [0, 0.05) is 42.9 Å². The van der Waals surface area contributed by atoms with Gasteiger partial charge in [0.1, 0.15) is 12.7 Å². The van der Waals surface area contributed by atoms with Gasteiger partial charge in [-0.2, -0.15) is 0 Å². The molecule has 0 saturated carbocycles. The fourth-order valence-electron chi connectivity index (χ4n) is 4.06. The van der Waals surface area contributed by atoms with Gasteiger partial charge in [0.2, 0.25) is 0 Å². The second-order valence-electron chi connectivity index (χ2n) is 8.71. The Bertz CT molecular complexity index is 1220. The number of imide groups is 1. The molecule has 1 aliphatic heterocycles. The molecule has 40 heavy (non-hydrogen) atoms. The van der Waals surface area contributed by atoms with E-state index >= 15 is 0 Å². The quantitative estimate of drug-likeness (QED) is 0.161. The maximum atomic E-state index is 12.5. The van der Waals surface area contributed by atoms with E-state index in [2.05, 4.69) is 34.4 Å².